The molecule has 1 saturated heterocycles. The summed E-state index contributed by atoms with van der Waals surface area (Å²) in [7, 11) is 0. The molecule has 1 aliphatic rings. The smallest absolute Gasteiger partial charge is 0.0366 e. The average Bonchev–Trinajstić information content (AvgIpc) is 2.53. The highest BCUT2D eigenvalue weighted by Gasteiger charge is 2.10. The van der Waals surface area contributed by atoms with E-state index in [2.05, 4.69) is 47.4 Å². The zero-order chi connectivity index (χ0) is 14.7. The molecule has 2 N–H and O–H groups in total. The van der Waals surface area contributed by atoms with Crippen molar-refractivity contribution >= 4 is 11.4 Å². The first kappa shape index (κ1) is 14.0. The Labute approximate surface area is 127 Å². The van der Waals surface area contributed by atoms with Crippen molar-refractivity contribution < 1.29 is 0 Å². The van der Waals surface area contributed by atoms with Crippen molar-refractivity contribution in [3.05, 3.63) is 59.2 Å². The lowest BCUT2D eigenvalue weighted by atomic mass is 10.0. The molecule has 2 heteroatoms. The van der Waals surface area contributed by atoms with Gasteiger partial charge in [-0.15, -0.1) is 0 Å². The fraction of sp³-hybridized carbons (Fsp3) is 0.368. The van der Waals surface area contributed by atoms with Crippen LogP contribution < -0.4 is 10.6 Å². The maximum absolute atomic E-state index is 5.99. The molecule has 1 fully saturated rings. The van der Waals surface area contributed by atoms with Gasteiger partial charge in [-0.2, -0.15) is 0 Å². The van der Waals surface area contributed by atoms with Crippen molar-refractivity contribution in [2.24, 2.45) is 0 Å². The molecule has 0 aromatic heterocycles. The van der Waals surface area contributed by atoms with Gasteiger partial charge in [0.1, 0.15) is 0 Å². The quantitative estimate of drug-likeness (QED) is 0.855. The van der Waals surface area contributed by atoms with Gasteiger partial charge in [-0.25, -0.2) is 0 Å². The lowest BCUT2D eigenvalue weighted by Gasteiger charge is -2.28. The van der Waals surface area contributed by atoms with Gasteiger partial charge in [-0.1, -0.05) is 24.3 Å². The molecule has 1 heterocycles. The number of benzene rings is 2. The van der Waals surface area contributed by atoms with E-state index < -0.39 is 0 Å². The third-order valence-corrected chi connectivity index (χ3v) is 4.41. The number of rotatable bonds is 3. The van der Waals surface area contributed by atoms with Crippen molar-refractivity contribution in [1.29, 1.82) is 0 Å². The molecule has 0 unspecified atom stereocenters. The van der Waals surface area contributed by atoms with E-state index in [0.717, 1.165) is 17.7 Å². The topological polar surface area (TPSA) is 29.3 Å². The zero-order valence-electron chi connectivity index (χ0n) is 12.8. The van der Waals surface area contributed by atoms with E-state index in [1.165, 1.54) is 49.2 Å². The Hall–Kier alpha value is -1.96. The van der Waals surface area contributed by atoms with E-state index >= 15 is 0 Å². The normalized spacial score (nSPS) is 15.2. The summed E-state index contributed by atoms with van der Waals surface area (Å²) in [5, 5.41) is 0. The Balaban J connectivity index is 1.70. The molecular formula is C19H24N2. The number of nitrogens with zero attached hydrogens (tertiary/aromatic N) is 1. The predicted octanol–water partition coefficient (Wildman–Crippen LogP) is 4.16. The van der Waals surface area contributed by atoms with Crippen LogP contribution >= 0.6 is 0 Å². The number of nitrogens with two attached hydrogens (primary N) is 1. The number of hydrogen-bond donors (Lipinski definition) is 1. The molecule has 0 amide bonds. The number of aryl methyl sites for hydroxylation is 1. The number of piperidine rings is 1. The molecule has 2 aromatic carbocycles. The summed E-state index contributed by atoms with van der Waals surface area (Å²) < 4.78 is 0. The van der Waals surface area contributed by atoms with Crippen molar-refractivity contribution in [2.45, 2.75) is 32.6 Å². The van der Waals surface area contributed by atoms with Gasteiger partial charge < -0.3 is 10.6 Å². The number of anilines is 2. The molecule has 3 rings (SSSR count). The highest BCUT2D eigenvalue weighted by atomic mass is 15.1. The SMILES string of the molecule is Cc1ccc(Cc2ccc(N3CCCCC3)cc2)cc1N. The lowest BCUT2D eigenvalue weighted by molar-refractivity contribution is 0.578. The van der Waals surface area contributed by atoms with Crippen molar-refractivity contribution in [3.63, 3.8) is 0 Å². The largest absolute Gasteiger partial charge is 0.399 e. The maximum Gasteiger partial charge on any atom is 0.0366 e. The molecule has 0 bridgehead atoms. The maximum atomic E-state index is 5.99. The first-order valence-electron chi connectivity index (χ1n) is 7.91. The summed E-state index contributed by atoms with van der Waals surface area (Å²) in [6.07, 6.45) is 4.98. The van der Waals surface area contributed by atoms with Crippen LogP contribution in [0.15, 0.2) is 42.5 Å². The molecule has 0 saturated carbocycles. The fourth-order valence-electron chi connectivity index (χ4n) is 3.01. The Morgan fingerprint density at radius 1 is 0.905 bits per heavy atom. The minimum atomic E-state index is 0.887. The third kappa shape index (κ3) is 3.38. The minimum absolute atomic E-state index is 0.887. The fourth-order valence-corrected chi connectivity index (χ4v) is 3.01. The van der Waals surface area contributed by atoms with Gasteiger partial charge in [-0.05, 0) is 67.5 Å². The van der Waals surface area contributed by atoms with Crippen LogP contribution in [0.2, 0.25) is 0 Å². The van der Waals surface area contributed by atoms with E-state index in [9.17, 15) is 0 Å². The minimum Gasteiger partial charge on any atom is -0.399 e. The van der Waals surface area contributed by atoms with Crippen LogP contribution in [0.25, 0.3) is 0 Å². The van der Waals surface area contributed by atoms with Gasteiger partial charge in [0.05, 0.1) is 0 Å². The van der Waals surface area contributed by atoms with Gasteiger partial charge in [0.25, 0.3) is 0 Å². The van der Waals surface area contributed by atoms with Crippen LogP contribution in [0.5, 0.6) is 0 Å². The standard InChI is InChI=1S/C19H24N2/c1-15-5-6-17(14-19(15)20)13-16-7-9-18(10-8-16)21-11-3-2-4-12-21/h5-10,14H,2-4,11-13,20H2,1H3. The highest BCUT2D eigenvalue weighted by Crippen LogP contribution is 2.22. The predicted molar refractivity (Wildman–Crippen MR) is 90.9 cm³/mol. The molecule has 0 spiro atoms. The van der Waals surface area contributed by atoms with Crippen LogP contribution in [0.3, 0.4) is 0 Å². The van der Waals surface area contributed by atoms with Crippen LogP contribution in [0.4, 0.5) is 11.4 Å². The van der Waals surface area contributed by atoms with E-state index in [4.69, 9.17) is 5.73 Å². The van der Waals surface area contributed by atoms with Crippen LogP contribution in [0, 0.1) is 6.92 Å². The first-order valence-corrected chi connectivity index (χ1v) is 7.91. The van der Waals surface area contributed by atoms with E-state index in [0.29, 0.717) is 0 Å². The van der Waals surface area contributed by atoms with Crippen molar-refractivity contribution in [3.8, 4) is 0 Å². The van der Waals surface area contributed by atoms with Crippen LogP contribution in [-0.4, -0.2) is 13.1 Å². The van der Waals surface area contributed by atoms with Crippen molar-refractivity contribution in [2.75, 3.05) is 23.7 Å². The van der Waals surface area contributed by atoms with Crippen LogP contribution in [0.1, 0.15) is 36.0 Å². The summed E-state index contributed by atoms with van der Waals surface area (Å²) in [6, 6.07) is 15.4. The Morgan fingerprint density at radius 2 is 1.57 bits per heavy atom. The lowest BCUT2D eigenvalue weighted by Crippen LogP contribution is -2.29. The summed E-state index contributed by atoms with van der Waals surface area (Å²) in [6.45, 7) is 4.45. The number of hydrogen-bond acceptors (Lipinski definition) is 2. The zero-order valence-corrected chi connectivity index (χ0v) is 12.8. The second kappa shape index (κ2) is 6.21. The van der Waals surface area contributed by atoms with E-state index in [-0.39, 0.29) is 0 Å². The summed E-state index contributed by atoms with van der Waals surface area (Å²) in [5.74, 6) is 0. The molecular weight excluding hydrogens is 256 g/mol. The molecule has 2 nitrogen and oxygen atoms in total. The highest BCUT2D eigenvalue weighted by molar-refractivity contribution is 5.51. The Bertz CT molecular complexity index is 595. The summed E-state index contributed by atoms with van der Waals surface area (Å²) >= 11 is 0. The van der Waals surface area contributed by atoms with Gasteiger partial charge in [-0.3, -0.25) is 0 Å². The second-order valence-electron chi connectivity index (χ2n) is 6.08. The average molecular weight is 280 g/mol. The van der Waals surface area contributed by atoms with Gasteiger partial charge >= 0.3 is 0 Å². The Kier molecular flexibility index (Phi) is 4.14. The third-order valence-electron chi connectivity index (χ3n) is 4.41. The van der Waals surface area contributed by atoms with E-state index in [1.807, 2.05) is 6.92 Å². The van der Waals surface area contributed by atoms with Gasteiger partial charge in [0.2, 0.25) is 0 Å². The van der Waals surface area contributed by atoms with E-state index in [1.54, 1.807) is 0 Å². The van der Waals surface area contributed by atoms with Gasteiger partial charge in [0, 0.05) is 24.5 Å². The summed E-state index contributed by atoms with van der Waals surface area (Å²) in [5.41, 5.74) is 12.0. The van der Waals surface area contributed by atoms with Crippen LogP contribution in [-0.2, 0) is 6.42 Å². The molecule has 21 heavy (non-hydrogen) atoms. The summed E-state index contributed by atoms with van der Waals surface area (Å²) in [4.78, 5) is 2.50. The monoisotopic (exact) mass is 280 g/mol. The van der Waals surface area contributed by atoms with Gasteiger partial charge in [0.15, 0.2) is 0 Å². The molecule has 0 aliphatic carbocycles. The molecule has 0 radical (unpaired) electrons. The molecule has 1 aliphatic heterocycles. The second-order valence-corrected chi connectivity index (χ2v) is 6.08. The molecule has 2 aromatic rings. The first-order chi connectivity index (χ1) is 10.2. The Morgan fingerprint density at radius 3 is 2.24 bits per heavy atom. The molecule has 0 atom stereocenters. The molecule has 110 valence electrons. The number of nitrogen functional groups attached to an aromatic ring is 1. The van der Waals surface area contributed by atoms with Crippen molar-refractivity contribution in [1.82, 2.24) is 0 Å².